The number of aromatic nitrogens is 3. The number of nitrogens with zero attached hydrogens (tertiary/aromatic N) is 3. The van der Waals surface area contributed by atoms with E-state index in [0.29, 0.717) is 18.2 Å². The van der Waals surface area contributed by atoms with E-state index in [1.807, 2.05) is 30.1 Å². The summed E-state index contributed by atoms with van der Waals surface area (Å²) in [5, 5.41) is 9.96. The van der Waals surface area contributed by atoms with Crippen molar-refractivity contribution < 1.29 is 14.3 Å². The summed E-state index contributed by atoms with van der Waals surface area (Å²) in [5.74, 6) is 1.09. The van der Waals surface area contributed by atoms with Crippen LogP contribution in [-0.4, -0.2) is 32.6 Å². The minimum absolute atomic E-state index is 0.0145. The normalized spacial score (nSPS) is 14.4. The Hall–Kier alpha value is -3.61. The molecule has 0 radical (unpaired) electrons. The lowest BCUT2D eigenvalue weighted by atomic mass is 9.82. The van der Waals surface area contributed by atoms with Gasteiger partial charge < -0.3 is 14.6 Å². The standard InChI is InChI=1S/C27H28N4O3/c1-14(2)11-31-22-8-5-16(34-13-15(3)32)9-18(22)24-19-10-28-27(33)25(19)23-17(26(24)31)6-7-21-20(23)12-30(4)29-21/h5,8-9,12,14H,6-7,10-11,13H2,1-4H3,(H,28,33). The Balaban J connectivity index is 1.74. The van der Waals surface area contributed by atoms with Gasteiger partial charge in [0.15, 0.2) is 5.78 Å². The second-order valence-corrected chi connectivity index (χ2v) is 9.95. The molecule has 6 rings (SSSR count). The third-order valence-corrected chi connectivity index (χ3v) is 6.91. The molecule has 7 heteroatoms. The maximum absolute atomic E-state index is 13.2. The Morgan fingerprint density at radius 2 is 2.03 bits per heavy atom. The molecular weight excluding hydrogens is 428 g/mol. The van der Waals surface area contributed by atoms with Crippen molar-refractivity contribution in [2.75, 3.05) is 6.61 Å². The van der Waals surface area contributed by atoms with Crippen LogP contribution in [0.25, 0.3) is 32.9 Å². The number of carbonyl (C=O) groups is 2. The van der Waals surface area contributed by atoms with Gasteiger partial charge >= 0.3 is 0 Å². The first-order valence-corrected chi connectivity index (χ1v) is 11.9. The molecule has 1 aliphatic carbocycles. The fourth-order valence-electron chi connectivity index (χ4n) is 5.72. The van der Waals surface area contributed by atoms with Gasteiger partial charge in [-0.15, -0.1) is 0 Å². The van der Waals surface area contributed by atoms with Crippen molar-refractivity contribution in [1.29, 1.82) is 0 Å². The maximum Gasteiger partial charge on any atom is 0.252 e. The number of Topliss-reactive ketones (excluding diaryl/α,β-unsaturated/α-hetero) is 1. The maximum atomic E-state index is 13.2. The number of nitrogens with one attached hydrogen (secondary N) is 1. The number of benzene rings is 2. The van der Waals surface area contributed by atoms with E-state index in [-0.39, 0.29) is 18.3 Å². The molecule has 2 aromatic carbocycles. The van der Waals surface area contributed by atoms with Gasteiger partial charge in [-0.05, 0) is 55.0 Å². The van der Waals surface area contributed by atoms with Crippen LogP contribution in [0.1, 0.15) is 48.0 Å². The molecule has 0 atom stereocenters. The van der Waals surface area contributed by atoms with Gasteiger partial charge in [0.2, 0.25) is 0 Å². The van der Waals surface area contributed by atoms with Gasteiger partial charge in [-0.3, -0.25) is 14.3 Å². The van der Waals surface area contributed by atoms with E-state index < -0.39 is 0 Å². The molecule has 2 aliphatic rings. The lowest BCUT2D eigenvalue weighted by molar-refractivity contribution is -0.118. The van der Waals surface area contributed by atoms with E-state index in [1.165, 1.54) is 18.0 Å². The largest absolute Gasteiger partial charge is 0.486 e. The zero-order chi connectivity index (χ0) is 23.7. The average molecular weight is 457 g/mol. The summed E-state index contributed by atoms with van der Waals surface area (Å²) in [6.07, 6.45) is 3.75. The highest BCUT2D eigenvalue weighted by molar-refractivity contribution is 6.19. The zero-order valence-electron chi connectivity index (χ0n) is 20.0. The van der Waals surface area contributed by atoms with Gasteiger partial charge in [-0.25, -0.2) is 0 Å². The highest BCUT2D eigenvalue weighted by Gasteiger charge is 2.35. The average Bonchev–Trinajstić information content (AvgIpc) is 3.45. The van der Waals surface area contributed by atoms with Crippen LogP contribution in [0.3, 0.4) is 0 Å². The topological polar surface area (TPSA) is 78.2 Å². The molecule has 0 fully saturated rings. The summed E-state index contributed by atoms with van der Waals surface area (Å²) in [5.41, 5.74) is 8.59. The van der Waals surface area contributed by atoms with Crippen LogP contribution in [-0.2, 0) is 37.8 Å². The minimum atomic E-state index is -0.0152. The summed E-state index contributed by atoms with van der Waals surface area (Å²) < 4.78 is 10.0. The summed E-state index contributed by atoms with van der Waals surface area (Å²) in [4.78, 5) is 24.6. The molecule has 34 heavy (non-hydrogen) atoms. The van der Waals surface area contributed by atoms with E-state index >= 15 is 0 Å². The van der Waals surface area contributed by atoms with Crippen LogP contribution >= 0.6 is 0 Å². The molecular formula is C27H28N4O3. The lowest BCUT2D eigenvalue weighted by Crippen LogP contribution is -2.15. The van der Waals surface area contributed by atoms with Crippen molar-refractivity contribution in [2.24, 2.45) is 13.0 Å². The molecule has 0 saturated heterocycles. The number of ether oxygens (including phenoxy) is 1. The molecule has 0 unspecified atom stereocenters. The number of ketones is 1. The van der Waals surface area contributed by atoms with Crippen molar-refractivity contribution in [3.8, 4) is 16.9 Å². The first kappa shape index (κ1) is 21.0. The summed E-state index contributed by atoms with van der Waals surface area (Å²) in [7, 11) is 1.94. The number of rotatable bonds is 5. The Bertz CT molecular complexity index is 1520. The summed E-state index contributed by atoms with van der Waals surface area (Å²) in [6.45, 7) is 7.41. The van der Waals surface area contributed by atoms with Crippen LogP contribution in [0, 0.1) is 5.92 Å². The zero-order valence-corrected chi connectivity index (χ0v) is 20.0. The van der Waals surface area contributed by atoms with Gasteiger partial charge in [0, 0.05) is 53.8 Å². The monoisotopic (exact) mass is 456 g/mol. The number of carbonyl (C=O) groups excluding carboxylic acids is 2. The van der Waals surface area contributed by atoms with Crippen LogP contribution in [0.4, 0.5) is 0 Å². The van der Waals surface area contributed by atoms with E-state index in [4.69, 9.17) is 4.74 Å². The van der Waals surface area contributed by atoms with Gasteiger partial charge in [0.25, 0.3) is 5.91 Å². The molecule has 0 saturated carbocycles. The number of fused-ring (bicyclic) bond motifs is 10. The number of hydrogen-bond donors (Lipinski definition) is 1. The summed E-state index contributed by atoms with van der Waals surface area (Å²) >= 11 is 0. The molecule has 0 bridgehead atoms. The Kier molecular flexibility index (Phi) is 4.59. The van der Waals surface area contributed by atoms with Gasteiger partial charge in [-0.2, -0.15) is 5.10 Å². The Morgan fingerprint density at radius 1 is 1.21 bits per heavy atom. The van der Waals surface area contributed by atoms with Gasteiger partial charge in [0.1, 0.15) is 12.4 Å². The second-order valence-electron chi connectivity index (χ2n) is 9.95. The lowest BCUT2D eigenvalue weighted by Gasteiger charge is -2.22. The molecule has 1 aliphatic heterocycles. The molecule has 3 heterocycles. The second kappa shape index (κ2) is 7.45. The van der Waals surface area contributed by atoms with Gasteiger partial charge in [0.05, 0.1) is 16.8 Å². The number of aryl methyl sites for hydroxylation is 3. The van der Waals surface area contributed by atoms with Crippen LogP contribution < -0.4 is 10.1 Å². The highest BCUT2D eigenvalue weighted by Crippen LogP contribution is 2.47. The Labute approximate surface area is 197 Å². The van der Waals surface area contributed by atoms with E-state index in [1.54, 1.807) is 0 Å². The third kappa shape index (κ3) is 2.99. The first-order valence-electron chi connectivity index (χ1n) is 11.9. The molecule has 4 aromatic rings. The van der Waals surface area contributed by atoms with Gasteiger partial charge in [-0.1, -0.05) is 13.8 Å². The smallest absolute Gasteiger partial charge is 0.252 e. The van der Waals surface area contributed by atoms with E-state index in [9.17, 15) is 9.59 Å². The summed E-state index contributed by atoms with van der Waals surface area (Å²) in [6, 6.07) is 6.07. The molecule has 0 spiro atoms. The van der Waals surface area contributed by atoms with Crippen molar-refractivity contribution in [1.82, 2.24) is 19.7 Å². The predicted octanol–water partition coefficient (Wildman–Crippen LogP) is 4.16. The SMILES string of the molecule is CC(=O)COc1ccc2c(c1)c1c3c(c4c(c1n2CC(C)C)CCc1nn(C)cc1-4)C(=O)NC3. The van der Waals surface area contributed by atoms with Crippen molar-refractivity contribution in [3.05, 3.63) is 46.8 Å². The Morgan fingerprint density at radius 3 is 2.79 bits per heavy atom. The van der Waals surface area contributed by atoms with E-state index in [0.717, 1.165) is 63.6 Å². The third-order valence-electron chi connectivity index (χ3n) is 6.91. The fourth-order valence-corrected chi connectivity index (χ4v) is 5.72. The molecule has 7 nitrogen and oxygen atoms in total. The predicted molar refractivity (Wildman–Crippen MR) is 131 cm³/mol. The van der Waals surface area contributed by atoms with Crippen LogP contribution in [0.2, 0.25) is 0 Å². The van der Waals surface area contributed by atoms with Crippen molar-refractivity contribution in [2.45, 2.75) is 46.7 Å². The minimum Gasteiger partial charge on any atom is -0.486 e. The molecule has 1 amide bonds. The van der Waals surface area contributed by atoms with Crippen LogP contribution in [0.5, 0.6) is 5.75 Å². The van der Waals surface area contributed by atoms with Crippen LogP contribution in [0.15, 0.2) is 24.4 Å². The van der Waals surface area contributed by atoms with Crippen molar-refractivity contribution >= 4 is 33.5 Å². The first-order chi connectivity index (χ1) is 16.3. The fraction of sp³-hybridized carbons (Fsp3) is 0.370. The molecule has 1 N–H and O–H groups in total. The number of hydrogen-bond acceptors (Lipinski definition) is 4. The molecule has 2 aromatic heterocycles. The van der Waals surface area contributed by atoms with E-state index in [2.05, 4.69) is 34.9 Å². The highest BCUT2D eigenvalue weighted by atomic mass is 16.5. The van der Waals surface area contributed by atoms with Crippen molar-refractivity contribution in [3.63, 3.8) is 0 Å². The quantitative estimate of drug-likeness (QED) is 0.489. The molecule has 174 valence electrons. The number of amides is 1.